The monoisotopic (exact) mass is 260 g/mol. The predicted octanol–water partition coefficient (Wildman–Crippen LogP) is 1.09. The van der Waals surface area contributed by atoms with Crippen LogP contribution in [-0.2, 0) is 4.74 Å². The van der Waals surface area contributed by atoms with Gasteiger partial charge in [0.05, 0.1) is 12.7 Å². The van der Waals surface area contributed by atoms with Gasteiger partial charge in [-0.1, -0.05) is 0 Å². The van der Waals surface area contributed by atoms with Crippen molar-refractivity contribution >= 4 is 11.7 Å². The van der Waals surface area contributed by atoms with E-state index in [1.165, 1.54) is 7.11 Å². The molecule has 5 nitrogen and oxygen atoms in total. The molecule has 0 aliphatic rings. The normalized spacial score (nSPS) is 12.0. The van der Waals surface area contributed by atoms with E-state index < -0.39 is 23.8 Å². The highest BCUT2D eigenvalue weighted by Crippen LogP contribution is 2.12. The molecule has 3 N–H and O–H groups in total. The van der Waals surface area contributed by atoms with E-state index in [2.05, 4.69) is 15.4 Å². The van der Waals surface area contributed by atoms with Crippen LogP contribution in [0.25, 0.3) is 0 Å². The number of urea groups is 1. The summed E-state index contributed by atoms with van der Waals surface area (Å²) in [6, 6.07) is 1.99. The lowest BCUT2D eigenvalue weighted by atomic mass is 10.3. The highest BCUT2D eigenvalue weighted by atomic mass is 19.1. The molecule has 0 heterocycles. The Morgan fingerprint density at radius 2 is 2.00 bits per heavy atom. The molecule has 0 aliphatic carbocycles. The van der Waals surface area contributed by atoms with Gasteiger partial charge in [0.25, 0.3) is 0 Å². The van der Waals surface area contributed by atoms with E-state index in [0.717, 1.165) is 12.1 Å². The van der Waals surface area contributed by atoms with Crippen LogP contribution in [0.15, 0.2) is 18.2 Å². The molecular weight excluding hydrogens is 246 g/mol. The molecule has 100 valence electrons. The molecule has 0 saturated carbocycles. The third-order valence-electron chi connectivity index (χ3n) is 1.98. The molecule has 1 aromatic rings. The molecule has 1 aromatic carbocycles. The van der Waals surface area contributed by atoms with Gasteiger partial charge in [0, 0.05) is 25.4 Å². The Morgan fingerprint density at radius 3 is 2.56 bits per heavy atom. The summed E-state index contributed by atoms with van der Waals surface area (Å²) in [6.45, 7) is 0.0480. The van der Waals surface area contributed by atoms with Crippen LogP contribution in [0.2, 0.25) is 0 Å². The number of hydrogen-bond donors (Lipinski definition) is 3. The fourth-order valence-corrected chi connectivity index (χ4v) is 1.26. The molecule has 0 aromatic heterocycles. The zero-order valence-corrected chi connectivity index (χ0v) is 9.74. The molecule has 0 fully saturated rings. The zero-order valence-electron chi connectivity index (χ0n) is 9.74. The maximum absolute atomic E-state index is 12.8. The van der Waals surface area contributed by atoms with E-state index in [1.54, 1.807) is 0 Å². The minimum absolute atomic E-state index is 0.00812. The first-order chi connectivity index (χ1) is 8.51. The number of amides is 2. The minimum atomic E-state index is -0.843. The van der Waals surface area contributed by atoms with Crippen LogP contribution in [0.5, 0.6) is 0 Å². The van der Waals surface area contributed by atoms with Gasteiger partial charge in [-0.25, -0.2) is 13.6 Å². The highest BCUT2D eigenvalue weighted by molar-refractivity contribution is 5.89. The molecule has 1 unspecified atom stereocenters. The number of rotatable bonds is 5. The van der Waals surface area contributed by atoms with Crippen LogP contribution in [-0.4, -0.2) is 37.5 Å². The molecule has 18 heavy (non-hydrogen) atoms. The summed E-state index contributed by atoms with van der Waals surface area (Å²) < 4.78 is 30.3. The fourth-order valence-electron chi connectivity index (χ4n) is 1.26. The van der Waals surface area contributed by atoms with Crippen LogP contribution >= 0.6 is 0 Å². The van der Waals surface area contributed by atoms with Crippen LogP contribution in [0, 0.1) is 11.6 Å². The standard InChI is InChI=1S/C11H14F2N2O3/c1-18-6-10(16)5-14-11(17)15-9-3-7(12)2-8(13)4-9/h2-4,10,16H,5-6H2,1H3,(H2,14,15,17). The van der Waals surface area contributed by atoms with E-state index in [1.807, 2.05) is 0 Å². The van der Waals surface area contributed by atoms with Crippen molar-refractivity contribution in [3.05, 3.63) is 29.8 Å². The molecule has 2 amide bonds. The maximum atomic E-state index is 12.8. The van der Waals surface area contributed by atoms with Crippen molar-refractivity contribution in [1.82, 2.24) is 5.32 Å². The summed E-state index contributed by atoms with van der Waals surface area (Å²) in [5, 5.41) is 13.8. The summed E-state index contributed by atoms with van der Waals surface area (Å²) in [7, 11) is 1.42. The van der Waals surface area contributed by atoms with Gasteiger partial charge in [0.2, 0.25) is 0 Å². The van der Waals surface area contributed by atoms with Gasteiger partial charge in [-0.3, -0.25) is 0 Å². The summed E-state index contributed by atoms with van der Waals surface area (Å²) >= 11 is 0. The number of anilines is 1. The smallest absolute Gasteiger partial charge is 0.319 e. The minimum Gasteiger partial charge on any atom is -0.389 e. The van der Waals surface area contributed by atoms with E-state index in [0.29, 0.717) is 6.07 Å². The van der Waals surface area contributed by atoms with Gasteiger partial charge in [-0.2, -0.15) is 0 Å². The second-order valence-corrected chi connectivity index (χ2v) is 3.60. The Bertz CT molecular complexity index is 395. The van der Waals surface area contributed by atoms with Gasteiger partial charge >= 0.3 is 6.03 Å². The number of methoxy groups -OCH3 is 1. The third-order valence-corrected chi connectivity index (χ3v) is 1.98. The molecule has 0 saturated heterocycles. The largest absolute Gasteiger partial charge is 0.389 e. The quantitative estimate of drug-likeness (QED) is 0.742. The Kier molecular flexibility index (Phi) is 5.47. The second-order valence-electron chi connectivity index (χ2n) is 3.60. The number of hydrogen-bond acceptors (Lipinski definition) is 3. The molecule has 0 aliphatic heterocycles. The van der Waals surface area contributed by atoms with Crippen molar-refractivity contribution in [2.24, 2.45) is 0 Å². The summed E-state index contributed by atoms with van der Waals surface area (Å²) in [5.74, 6) is -1.57. The van der Waals surface area contributed by atoms with Gasteiger partial charge in [-0.15, -0.1) is 0 Å². The van der Waals surface area contributed by atoms with Gasteiger partial charge in [-0.05, 0) is 12.1 Å². The topological polar surface area (TPSA) is 70.6 Å². The van der Waals surface area contributed by atoms with Gasteiger partial charge in [0.1, 0.15) is 11.6 Å². The lowest BCUT2D eigenvalue weighted by Crippen LogP contribution is -2.37. The summed E-state index contributed by atoms with van der Waals surface area (Å²) in [4.78, 5) is 11.3. The van der Waals surface area contributed by atoms with Crippen LogP contribution in [0.3, 0.4) is 0 Å². The van der Waals surface area contributed by atoms with Gasteiger partial charge in [0.15, 0.2) is 0 Å². The first kappa shape index (κ1) is 14.3. The number of carbonyl (C=O) groups is 1. The fraction of sp³-hybridized carbons (Fsp3) is 0.364. The number of ether oxygens (including phenoxy) is 1. The first-order valence-corrected chi connectivity index (χ1v) is 5.19. The Balaban J connectivity index is 2.44. The van der Waals surface area contributed by atoms with E-state index in [-0.39, 0.29) is 18.8 Å². The number of benzene rings is 1. The zero-order chi connectivity index (χ0) is 13.5. The molecule has 0 spiro atoms. The lowest BCUT2D eigenvalue weighted by molar-refractivity contribution is 0.0663. The van der Waals surface area contributed by atoms with Crippen molar-refractivity contribution in [3.8, 4) is 0 Å². The third kappa shape index (κ3) is 5.07. The summed E-state index contributed by atoms with van der Waals surface area (Å²) in [5.41, 5.74) is -0.00812. The van der Waals surface area contributed by atoms with Crippen LogP contribution in [0.1, 0.15) is 0 Å². The molecule has 0 radical (unpaired) electrons. The predicted molar refractivity (Wildman–Crippen MR) is 61.3 cm³/mol. The molecule has 1 atom stereocenters. The van der Waals surface area contributed by atoms with E-state index >= 15 is 0 Å². The van der Waals surface area contributed by atoms with Crippen molar-refractivity contribution in [3.63, 3.8) is 0 Å². The highest BCUT2D eigenvalue weighted by Gasteiger charge is 2.08. The van der Waals surface area contributed by atoms with Crippen LogP contribution < -0.4 is 10.6 Å². The second kappa shape index (κ2) is 6.87. The van der Waals surface area contributed by atoms with E-state index in [9.17, 15) is 18.7 Å². The molecule has 1 rings (SSSR count). The van der Waals surface area contributed by atoms with Gasteiger partial charge < -0.3 is 20.5 Å². The number of nitrogens with one attached hydrogen (secondary N) is 2. The first-order valence-electron chi connectivity index (χ1n) is 5.19. The van der Waals surface area contributed by atoms with Crippen molar-refractivity contribution in [2.75, 3.05) is 25.6 Å². The molecule has 7 heteroatoms. The summed E-state index contributed by atoms with van der Waals surface area (Å²) in [6.07, 6.45) is -0.843. The average Bonchev–Trinajstić information content (AvgIpc) is 2.25. The Labute approximate surface area is 103 Å². The SMILES string of the molecule is COCC(O)CNC(=O)Nc1cc(F)cc(F)c1. The lowest BCUT2D eigenvalue weighted by Gasteiger charge is -2.11. The number of carbonyl (C=O) groups excluding carboxylic acids is 1. The molecule has 0 bridgehead atoms. The Hall–Kier alpha value is -1.73. The van der Waals surface area contributed by atoms with Crippen molar-refractivity contribution < 1.29 is 23.4 Å². The van der Waals surface area contributed by atoms with E-state index in [4.69, 9.17) is 0 Å². The maximum Gasteiger partial charge on any atom is 0.319 e. The number of halogens is 2. The Morgan fingerprint density at radius 1 is 1.39 bits per heavy atom. The average molecular weight is 260 g/mol. The van der Waals surface area contributed by atoms with Crippen molar-refractivity contribution in [2.45, 2.75) is 6.10 Å². The number of aliphatic hydroxyl groups excluding tert-OH is 1. The van der Waals surface area contributed by atoms with Crippen LogP contribution in [0.4, 0.5) is 19.3 Å². The molecular formula is C11H14F2N2O3. The number of aliphatic hydroxyl groups is 1. The van der Waals surface area contributed by atoms with Crippen molar-refractivity contribution in [1.29, 1.82) is 0 Å².